The Morgan fingerprint density at radius 1 is 1.00 bits per heavy atom. The zero-order valence-electron chi connectivity index (χ0n) is 8.89. The smallest absolute Gasteiger partial charge is 0.154 e. The van der Waals surface area contributed by atoms with E-state index in [9.17, 15) is 9.59 Å². The van der Waals surface area contributed by atoms with Gasteiger partial charge in [-0.05, 0) is 5.56 Å². The van der Waals surface area contributed by atoms with Gasteiger partial charge in [-0.3, -0.25) is 14.5 Å². The molecule has 0 unspecified atom stereocenters. The van der Waals surface area contributed by atoms with Gasteiger partial charge in [-0.25, -0.2) is 0 Å². The van der Waals surface area contributed by atoms with Crippen molar-refractivity contribution in [2.75, 3.05) is 13.1 Å². The van der Waals surface area contributed by atoms with E-state index in [1.54, 1.807) is 0 Å². The molecular formula is C12H14ClNO2. The summed E-state index contributed by atoms with van der Waals surface area (Å²) in [6, 6.07) is 9.88. The molecule has 0 N–H and O–H groups in total. The summed E-state index contributed by atoms with van der Waals surface area (Å²) in [4.78, 5) is 24.3. The molecule has 16 heavy (non-hydrogen) atoms. The van der Waals surface area contributed by atoms with Crippen LogP contribution in [0.3, 0.4) is 0 Å². The van der Waals surface area contributed by atoms with Gasteiger partial charge in [-0.1, -0.05) is 30.3 Å². The number of benzene rings is 1. The molecule has 0 aromatic heterocycles. The van der Waals surface area contributed by atoms with Gasteiger partial charge in [0.1, 0.15) is 0 Å². The van der Waals surface area contributed by atoms with E-state index in [1.165, 1.54) is 0 Å². The molecule has 1 fully saturated rings. The molecule has 4 heteroatoms. The maximum Gasteiger partial charge on any atom is 0.154 e. The molecule has 1 aliphatic rings. The Labute approximate surface area is 101 Å². The molecule has 2 rings (SSSR count). The minimum Gasteiger partial charge on any atom is -0.298 e. The average Bonchev–Trinajstić information content (AvgIpc) is 2.17. The van der Waals surface area contributed by atoms with Crippen LogP contribution in [-0.4, -0.2) is 29.6 Å². The van der Waals surface area contributed by atoms with Crippen molar-refractivity contribution >= 4 is 24.0 Å². The summed E-state index contributed by atoms with van der Waals surface area (Å²) in [7, 11) is 0. The summed E-state index contributed by atoms with van der Waals surface area (Å²) in [5.74, 6) is 0.0596. The molecule has 0 aliphatic carbocycles. The zero-order chi connectivity index (χ0) is 10.7. The number of Topliss-reactive ketones (excluding diaryl/α,β-unsaturated/α-hetero) is 2. The predicted octanol–water partition coefficient (Wildman–Crippen LogP) is 1.45. The highest BCUT2D eigenvalue weighted by atomic mass is 35.5. The molecule has 86 valence electrons. The van der Waals surface area contributed by atoms with Gasteiger partial charge >= 0.3 is 0 Å². The van der Waals surface area contributed by atoms with Gasteiger partial charge in [0.2, 0.25) is 0 Å². The van der Waals surface area contributed by atoms with Gasteiger partial charge < -0.3 is 0 Å². The van der Waals surface area contributed by atoms with Crippen LogP contribution in [0, 0.1) is 0 Å². The van der Waals surface area contributed by atoms with E-state index >= 15 is 0 Å². The van der Waals surface area contributed by atoms with Crippen molar-refractivity contribution in [2.24, 2.45) is 0 Å². The van der Waals surface area contributed by atoms with Crippen LogP contribution < -0.4 is 0 Å². The second kappa shape index (κ2) is 5.77. The van der Waals surface area contributed by atoms with E-state index in [4.69, 9.17) is 0 Å². The molecule has 0 spiro atoms. The number of piperidine rings is 1. The third kappa shape index (κ3) is 3.43. The normalized spacial score (nSPS) is 17.0. The number of hydrogen-bond acceptors (Lipinski definition) is 3. The molecule has 0 radical (unpaired) electrons. The maximum absolute atomic E-state index is 11.2. The molecular weight excluding hydrogens is 226 g/mol. The number of carbonyl (C=O) groups is 2. The molecule has 0 bridgehead atoms. The third-order valence-electron chi connectivity index (χ3n) is 2.44. The van der Waals surface area contributed by atoms with E-state index in [0.717, 1.165) is 5.56 Å². The molecule has 0 saturated carbocycles. The average molecular weight is 240 g/mol. The number of hydrogen-bond donors (Lipinski definition) is 0. The lowest BCUT2D eigenvalue weighted by atomic mass is 10.1. The first kappa shape index (κ1) is 12.9. The number of ketones is 2. The second-order valence-electron chi connectivity index (χ2n) is 3.88. The number of likely N-dealkylation sites (tertiary alicyclic amines) is 1. The number of carbonyl (C=O) groups excluding carboxylic acids is 2. The summed E-state index contributed by atoms with van der Waals surface area (Å²) in [6.45, 7) is 1.49. The minimum atomic E-state index is 0. The van der Waals surface area contributed by atoms with Crippen LogP contribution >= 0.6 is 12.4 Å². The van der Waals surface area contributed by atoms with E-state index in [1.807, 2.05) is 35.2 Å². The van der Waals surface area contributed by atoms with Crippen molar-refractivity contribution in [3.63, 3.8) is 0 Å². The van der Waals surface area contributed by atoms with Crippen LogP contribution in [-0.2, 0) is 16.1 Å². The maximum atomic E-state index is 11.2. The largest absolute Gasteiger partial charge is 0.298 e. The van der Waals surface area contributed by atoms with Gasteiger partial charge in [0, 0.05) is 6.54 Å². The minimum absolute atomic E-state index is 0. The van der Waals surface area contributed by atoms with Crippen LogP contribution in [0.2, 0.25) is 0 Å². The Bertz CT molecular complexity index is 362. The van der Waals surface area contributed by atoms with E-state index in [-0.39, 0.29) is 30.4 Å². The van der Waals surface area contributed by atoms with Crippen LogP contribution in [0.5, 0.6) is 0 Å². The number of nitrogens with zero attached hydrogens (tertiary/aromatic N) is 1. The summed E-state index contributed by atoms with van der Waals surface area (Å²) >= 11 is 0. The van der Waals surface area contributed by atoms with Crippen molar-refractivity contribution in [1.82, 2.24) is 4.90 Å². The van der Waals surface area contributed by atoms with Gasteiger partial charge in [-0.2, -0.15) is 0 Å². The van der Waals surface area contributed by atoms with E-state index < -0.39 is 0 Å². The highest BCUT2D eigenvalue weighted by Crippen LogP contribution is 2.08. The fourth-order valence-corrected chi connectivity index (χ4v) is 1.84. The fraction of sp³-hybridized carbons (Fsp3) is 0.333. The first-order chi connectivity index (χ1) is 7.24. The fourth-order valence-electron chi connectivity index (χ4n) is 1.84. The number of halogens is 1. The van der Waals surface area contributed by atoms with Crippen molar-refractivity contribution < 1.29 is 9.59 Å². The van der Waals surface area contributed by atoms with Crippen LogP contribution in [0.25, 0.3) is 0 Å². The van der Waals surface area contributed by atoms with Gasteiger partial charge in [0.25, 0.3) is 0 Å². The summed E-state index contributed by atoms with van der Waals surface area (Å²) in [6.07, 6.45) is 0.116. The molecule has 1 aromatic carbocycles. The van der Waals surface area contributed by atoms with Crippen LogP contribution in [0.15, 0.2) is 30.3 Å². The van der Waals surface area contributed by atoms with Crippen LogP contribution in [0.1, 0.15) is 12.0 Å². The van der Waals surface area contributed by atoms with Gasteiger partial charge in [0.15, 0.2) is 11.6 Å². The Kier molecular flexibility index (Phi) is 4.65. The lowest BCUT2D eigenvalue weighted by molar-refractivity contribution is -0.132. The van der Waals surface area contributed by atoms with Crippen molar-refractivity contribution in [2.45, 2.75) is 13.0 Å². The lowest BCUT2D eigenvalue weighted by Gasteiger charge is -2.24. The zero-order valence-corrected chi connectivity index (χ0v) is 9.70. The van der Waals surface area contributed by atoms with Crippen molar-refractivity contribution in [3.05, 3.63) is 35.9 Å². The third-order valence-corrected chi connectivity index (χ3v) is 2.44. The molecule has 3 nitrogen and oxygen atoms in total. The molecule has 0 amide bonds. The molecule has 1 aliphatic heterocycles. The first-order valence-corrected chi connectivity index (χ1v) is 5.04. The second-order valence-corrected chi connectivity index (χ2v) is 3.88. The Morgan fingerprint density at radius 2 is 1.56 bits per heavy atom. The van der Waals surface area contributed by atoms with Gasteiger partial charge in [0.05, 0.1) is 19.5 Å². The Balaban J connectivity index is 0.00000128. The van der Waals surface area contributed by atoms with E-state index in [2.05, 4.69) is 0 Å². The van der Waals surface area contributed by atoms with E-state index in [0.29, 0.717) is 19.6 Å². The summed E-state index contributed by atoms with van der Waals surface area (Å²) < 4.78 is 0. The Hall–Kier alpha value is -1.19. The summed E-state index contributed by atoms with van der Waals surface area (Å²) in [5, 5.41) is 0. The summed E-state index contributed by atoms with van der Waals surface area (Å²) in [5.41, 5.74) is 1.14. The standard InChI is InChI=1S/C12H13NO2.ClH/c14-11-6-12(15)9-13(8-11)7-10-4-2-1-3-5-10;/h1-5H,6-9H2;1H. The highest BCUT2D eigenvalue weighted by molar-refractivity contribution is 6.02. The lowest BCUT2D eigenvalue weighted by Crippen LogP contribution is -2.40. The topological polar surface area (TPSA) is 37.4 Å². The quantitative estimate of drug-likeness (QED) is 0.734. The molecule has 1 heterocycles. The molecule has 1 aromatic rings. The predicted molar refractivity (Wildman–Crippen MR) is 63.6 cm³/mol. The van der Waals surface area contributed by atoms with Crippen molar-refractivity contribution in [3.8, 4) is 0 Å². The Morgan fingerprint density at radius 3 is 2.12 bits per heavy atom. The van der Waals surface area contributed by atoms with Crippen molar-refractivity contribution in [1.29, 1.82) is 0 Å². The first-order valence-electron chi connectivity index (χ1n) is 5.04. The SMILES string of the molecule is Cl.O=C1CC(=O)CN(Cc2ccccc2)C1. The monoisotopic (exact) mass is 239 g/mol. The molecule has 1 saturated heterocycles. The number of rotatable bonds is 2. The van der Waals surface area contributed by atoms with Crippen LogP contribution in [0.4, 0.5) is 0 Å². The van der Waals surface area contributed by atoms with Gasteiger partial charge in [-0.15, -0.1) is 12.4 Å². The highest BCUT2D eigenvalue weighted by Gasteiger charge is 2.22. The molecule has 0 atom stereocenters.